The van der Waals surface area contributed by atoms with Gasteiger partial charge in [0.25, 0.3) is 0 Å². The Kier molecular flexibility index (Phi) is 9.03. The van der Waals surface area contributed by atoms with Gasteiger partial charge in [-0.15, -0.1) is 0 Å². The van der Waals surface area contributed by atoms with Crippen molar-refractivity contribution in [3.8, 4) is 11.5 Å². The number of carbonyl (C=O) groups excluding carboxylic acids is 1. The van der Waals surface area contributed by atoms with Crippen LogP contribution in [0.15, 0.2) is 65.8 Å². The summed E-state index contributed by atoms with van der Waals surface area (Å²) >= 11 is 6.17. The maximum atomic E-state index is 12.4. The molecule has 0 bridgehead atoms. The average Bonchev–Trinajstić information content (AvgIpc) is 2.82. The minimum Gasteiger partial charge on any atom is -0.507 e. The molecular weight excluding hydrogens is 484 g/mol. The van der Waals surface area contributed by atoms with Crippen LogP contribution >= 0.6 is 11.6 Å². The first-order chi connectivity index (χ1) is 17.3. The van der Waals surface area contributed by atoms with Crippen LogP contribution < -0.4 is 10.2 Å². The van der Waals surface area contributed by atoms with Crippen molar-refractivity contribution in [2.45, 2.75) is 71.8 Å². The van der Waals surface area contributed by atoms with Crippen LogP contribution in [0.2, 0.25) is 5.02 Å². The molecule has 0 fully saturated rings. The number of aryl methyl sites for hydroxylation is 1. The van der Waals surface area contributed by atoms with Gasteiger partial charge in [-0.05, 0) is 69.8 Å². The van der Waals surface area contributed by atoms with Crippen molar-refractivity contribution in [1.82, 2.24) is 5.43 Å². The molecule has 0 heterocycles. The molecule has 0 unspecified atom stereocenters. The highest BCUT2D eigenvalue weighted by molar-refractivity contribution is 6.31. The maximum absolute atomic E-state index is 12.4. The normalized spacial score (nSPS) is 12.1. The molecule has 5 nitrogen and oxygen atoms in total. The van der Waals surface area contributed by atoms with Crippen molar-refractivity contribution in [3.05, 3.63) is 93.5 Å². The molecule has 37 heavy (non-hydrogen) atoms. The molecule has 3 aromatic carbocycles. The molecule has 0 aliphatic rings. The average molecular weight is 521 g/mol. The van der Waals surface area contributed by atoms with E-state index in [0.29, 0.717) is 30.2 Å². The number of rotatable bonds is 8. The fourth-order valence-electron chi connectivity index (χ4n) is 3.90. The molecule has 0 saturated carbocycles. The first-order valence-electron chi connectivity index (χ1n) is 12.5. The lowest BCUT2D eigenvalue weighted by molar-refractivity contribution is -0.121. The van der Waals surface area contributed by atoms with Gasteiger partial charge < -0.3 is 9.84 Å². The molecule has 3 aromatic rings. The standard InChI is InChI=1S/C31H37ClN2O3/c1-30(2,3)25-17-22(18-26(29(25)36)31(4,5)6)13-16-28(35)34-33-19-21-11-14-24(15-12-21)37-20-23-9-7-8-10-27(23)32/h7-12,14-15,17-19,36H,13,16,20H2,1-6H3,(H,34,35)/b33-19-. The second-order valence-corrected chi connectivity index (χ2v) is 11.7. The lowest BCUT2D eigenvalue weighted by Gasteiger charge is -2.28. The molecule has 0 saturated heterocycles. The van der Waals surface area contributed by atoms with Gasteiger partial charge in [0.1, 0.15) is 18.1 Å². The smallest absolute Gasteiger partial charge is 0.240 e. The van der Waals surface area contributed by atoms with Crippen LogP contribution in [0.3, 0.4) is 0 Å². The fraction of sp³-hybridized carbons (Fsp3) is 0.355. The third-order valence-corrected chi connectivity index (χ3v) is 6.43. The molecule has 1 amide bonds. The number of hydrogen-bond donors (Lipinski definition) is 2. The number of hydrogen-bond acceptors (Lipinski definition) is 4. The number of carbonyl (C=O) groups is 1. The zero-order valence-corrected chi connectivity index (χ0v) is 23.3. The van der Waals surface area contributed by atoms with Gasteiger partial charge in [-0.2, -0.15) is 5.10 Å². The number of nitrogens with one attached hydrogen (secondary N) is 1. The van der Waals surface area contributed by atoms with E-state index in [4.69, 9.17) is 16.3 Å². The molecule has 196 valence electrons. The van der Waals surface area contributed by atoms with E-state index in [-0.39, 0.29) is 16.7 Å². The zero-order chi connectivity index (χ0) is 27.2. The molecule has 0 atom stereocenters. The van der Waals surface area contributed by atoms with Crippen molar-refractivity contribution in [2.24, 2.45) is 5.10 Å². The topological polar surface area (TPSA) is 70.9 Å². The van der Waals surface area contributed by atoms with Crippen molar-refractivity contribution >= 4 is 23.7 Å². The van der Waals surface area contributed by atoms with Crippen molar-refractivity contribution in [2.75, 3.05) is 0 Å². The van der Waals surface area contributed by atoms with E-state index in [2.05, 4.69) is 52.1 Å². The maximum Gasteiger partial charge on any atom is 0.240 e. The summed E-state index contributed by atoms with van der Waals surface area (Å²) in [5.74, 6) is 0.899. The van der Waals surface area contributed by atoms with E-state index in [1.807, 2.05) is 60.7 Å². The molecule has 2 N–H and O–H groups in total. The summed E-state index contributed by atoms with van der Waals surface area (Å²) < 4.78 is 5.80. The second kappa shape index (κ2) is 11.8. The van der Waals surface area contributed by atoms with Gasteiger partial charge >= 0.3 is 0 Å². The Bertz CT molecular complexity index is 1220. The fourth-order valence-corrected chi connectivity index (χ4v) is 4.09. The van der Waals surface area contributed by atoms with Crippen LogP contribution in [0.5, 0.6) is 11.5 Å². The van der Waals surface area contributed by atoms with E-state index in [0.717, 1.165) is 33.6 Å². The molecule has 0 aliphatic heterocycles. The third-order valence-electron chi connectivity index (χ3n) is 6.06. The molecule has 6 heteroatoms. The van der Waals surface area contributed by atoms with Gasteiger partial charge in [0.05, 0.1) is 6.21 Å². The summed E-state index contributed by atoms with van der Waals surface area (Å²) in [6.07, 6.45) is 2.46. The van der Waals surface area contributed by atoms with E-state index in [1.165, 1.54) is 0 Å². The zero-order valence-electron chi connectivity index (χ0n) is 22.6. The Hall–Kier alpha value is -3.31. The van der Waals surface area contributed by atoms with E-state index >= 15 is 0 Å². The summed E-state index contributed by atoms with van der Waals surface area (Å²) in [6.45, 7) is 12.9. The summed E-state index contributed by atoms with van der Waals surface area (Å²) in [5.41, 5.74) is 6.78. The second-order valence-electron chi connectivity index (χ2n) is 11.3. The predicted molar refractivity (Wildman–Crippen MR) is 152 cm³/mol. The molecule has 0 aromatic heterocycles. The molecule has 3 rings (SSSR count). The minimum atomic E-state index is -0.207. The number of phenols is 1. The minimum absolute atomic E-state index is 0.168. The van der Waals surface area contributed by atoms with Crippen molar-refractivity contribution < 1.29 is 14.6 Å². The number of amides is 1. The number of phenolic OH excluding ortho intramolecular Hbond substituents is 1. The predicted octanol–water partition coefficient (Wildman–Crippen LogP) is 7.30. The largest absolute Gasteiger partial charge is 0.507 e. The number of ether oxygens (including phenoxy) is 1. The number of halogens is 1. The van der Waals surface area contributed by atoms with Crippen molar-refractivity contribution in [3.63, 3.8) is 0 Å². The Morgan fingerprint density at radius 1 is 0.973 bits per heavy atom. The van der Waals surface area contributed by atoms with Crippen LogP contribution in [0.1, 0.15) is 75.8 Å². The van der Waals surface area contributed by atoms with E-state index in [9.17, 15) is 9.90 Å². The molecule has 0 spiro atoms. The number of hydrazone groups is 1. The highest BCUT2D eigenvalue weighted by Crippen LogP contribution is 2.40. The van der Waals surface area contributed by atoms with Gasteiger partial charge in [0.2, 0.25) is 5.91 Å². The lowest BCUT2D eigenvalue weighted by Crippen LogP contribution is -2.20. The summed E-state index contributed by atoms with van der Waals surface area (Å²) in [6, 6.07) is 19.0. The van der Waals surface area contributed by atoms with Crippen LogP contribution in [-0.2, 0) is 28.7 Å². The number of aromatic hydroxyl groups is 1. The van der Waals surface area contributed by atoms with Gasteiger partial charge in [-0.1, -0.05) is 83.5 Å². The number of nitrogens with zero attached hydrogens (tertiary/aromatic N) is 1. The Labute approximate surface area is 225 Å². The quantitative estimate of drug-likeness (QED) is 0.242. The molecule has 0 aliphatic carbocycles. The molecule has 0 radical (unpaired) electrons. The van der Waals surface area contributed by atoms with Gasteiger partial charge in [-0.25, -0.2) is 5.43 Å². The Morgan fingerprint density at radius 3 is 2.14 bits per heavy atom. The monoisotopic (exact) mass is 520 g/mol. The van der Waals surface area contributed by atoms with Crippen LogP contribution in [0, 0.1) is 0 Å². The SMILES string of the molecule is CC(C)(C)c1cc(CCC(=O)N/N=C\c2ccc(OCc3ccccc3Cl)cc2)cc(C(C)(C)C)c1O. The summed E-state index contributed by atoms with van der Waals surface area (Å²) in [7, 11) is 0. The highest BCUT2D eigenvalue weighted by Gasteiger charge is 2.26. The first-order valence-corrected chi connectivity index (χ1v) is 12.9. The Balaban J connectivity index is 1.55. The van der Waals surface area contributed by atoms with E-state index in [1.54, 1.807) is 6.21 Å². The Morgan fingerprint density at radius 2 is 1.57 bits per heavy atom. The first kappa shape index (κ1) is 28.3. The molecular formula is C31H37ClN2O3. The van der Waals surface area contributed by atoms with Crippen LogP contribution in [-0.4, -0.2) is 17.2 Å². The summed E-state index contributed by atoms with van der Waals surface area (Å²) in [5, 5.41) is 15.7. The van der Waals surface area contributed by atoms with Crippen LogP contribution in [0.4, 0.5) is 0 Å². The number of benzene rings is 3. The summed E-state index contributed by atoms with van der Waals surface area (Å²) in [4.78, 5) is 12.4. The van der Waals surface area contributed by atoms with Crippen LogP contribution in [0.25, 0.3) is 0 Å². The lowest BCUT2D eigenvalue weighted by atomic mass is 9.78. The van der Waals surface area contributed by atoms with Gasteiger partial charge in [0, 0.05) is 17.0 Å². The highest BCUT2D eigenvalue weighted by atomic mass is 35.5. The van der Waals surface area contributed by atoms with Crippen molar-refractivity contribution in [1.29, 1.82) is 0 Å². The van der Waals surface area contributed by atoms with E-state index < -0.39 is 0 Å². The van der Waals surface area contributed by atoms with Gasteiger partial charge in [0.15, 0.2) is 0 Å². The van der Waals surface area contributed by atoms with Gasteiger partial charge in [-0.3, -0.25) is 4.79 Å². The third kappa shape index (κ3) is 8.09.